The Morgan fingerprint density at radius 1 is 1.36 bits per heavy atom. The topological polar surface area (TPSA) is 92.9 Å². The van der Waals surface area contributed by atoms with E-state index in [2.05, 4.69) is 20.6 Å². The van der Waals surface area contributed by atoms with Crippen molar-refractivity contribution >= 4 is 29.0 Å². The number of hydrogen-bond acceptors (Lipinski definition) is 5. The number of nitrogens with one attached hydrogen (secondary N) is 2. The van der Waals surface area contributed by atoms with Crippen LogP contribution < -0.4 is 16.4 Å². The summed E-state index contributed by atoms with van der Waals surface area (Å²) in [7, 11) is 1.91. The fraction of sp³-hybridized carbons (Fsp3) is 0.267. The Morgan fingerprint density at radius 3 is 2.82 bits per heavy atom. The summed E-state index contributed by atoms with van der Waals surface area (Å²) in [5, 5.41) is 6.40. The summed E-state index contributed by atoms with van der Waals surface area (Å²) in [4.78, 5) is 19.8. The fourth-order valence-corrected chi connectivity index (χ4v) is 2.10. The lowest BCUT2D eigenvalue weighted by atomic mass is 10.1. The van der Waals surface area contributed by atoms with Crippen LogP contribution in [-0.4, -0.2) is 29.5 Å². The molecule has 6 nitrogen and oxygen atoms in total. The van der Waals surface area contributed by atoms with E-state index in [-0.39, 0.29) is 16.7 Å². The molecule has 0 aliphatic rings. The molecule has 4 N–H and O–H groups in total. The van der Waals surface area contributed by atoms with Gasteiger partial charge in [0, 0.05) is 5.69 Å². The molecule has 1 aromatic carbocycles. The van der Waals surface area contributed by atoms with Crippen molar-refractivity contribution in [3.8, 4) is 0 Å². The van der Waals surface area contributed by atoms with E-state index >= 15 is 0 Å². The molecule has 116 valence electrons. The number of aryl methyl sites for hydroxylation is 1. The van der Waals surface area contributed by atoms with Crippen LogP contribution in [0.5, 0.6) is 0 Å². The smallest absolute Gasteiger partial charge is 0.271 e. The van der Waals surface area contributed by atoms with E-state index in [1.807, 2.05) is 31.3 Å². The zero-order chi connectivity index (χ0) is 16.1. The molecule has 0 fully saturated rings. The van der Waals surface area contributed by atoms with Gasteiger partial charge in [0.25, 0.3) is 5.91 Å². The first-order valence-corrected chi connectivity index (χ1v) is 7.23. The third-order valence-corrected chi connectivity index (χ3v) is 3.46. The molecule has 1 heterocycles. The van der Waals surface area contributed by atoms with Gasteiger partial charge in [0.2, 0.25) is 0 Å². The summed E-state index contributed by atoms with van der Waals surface area (Å²) in [6, 6.07) is 7.83. The molecule has 0 bridgehead atoms. The predicted octanol–water partition coefficient (Wildman–Crippen LogP) is 2.04. The minimum atomic E-state index is -0.652. The molecule has 0 saturated heterocycles. The molecule has 22 heavy (non-hydrogen) atoms. The Morgan fingerprint density at radius 2 is 2.14 bits per heavy atom. The van der Waals surface area contributed by atoms with Crippen LogP contribution in [-0.2, 0) is 6.42 Å². The molecule has 0 aliphatic heterocycles. The second kappa shape index (κ2) is 7.20. The molecule has 2 rings (SSSR count). The average molecular weight is 320 g/mol. The molecule has 7 heteroatoms. The van der Waals surface area contributed by atoms with E-state index in [1.165, 1.54) is 0 Å². The van der Waals surface area contributed by atoms with Crippen molar-refractivity contribution in [3.63, 3.8) is 0 Å². The standard InChI is InChI=1S/C15H18ClN5O/c1-9-13(16)21-15(12(19-9)14(17)22)20-11-5-3-4-10(8-11)6-7-18-2/h3-5,8,18H,6-7H2,1-2H3,(H2,17,22)(H,20,21). The monoisotopic (exact) mass is 319 g/mol. The summed E-state index contributed by atoms with van der Waals surface area (Å²) in [5.74, 6) is -0.394. The van der Waals surface area contributed by atoms with E-state index in [1.54, 1.807) is 6.92 Å². The van der Waals surface area contributed by atoms with Gasteiger partial charge in [-0.1, -0.05) is 23.7 Å². The van der Waals surface area contributed by atoms with E-state index < -0.39 is 5.91 Å². The van der Waals surface area contributed by atoms with Crippen LogP contribution in [0.3, 0.4) is 0 Å². The lowest BCUT2D eigenvalue weighted by Gasteiger charge is -2.11. The number of amides is 1. The van der Waals surface area contributed by atoms with Crippen molar-refractivity contribution in [1.29, 1.82) is 0 Å². The van der Waals surface area contributed by atoms with Gasteiger partial charge in [-0.3, -0.25) is 4.79 Å². The number of likely N-dealkylation sites (N-methyl/N-ethyl adjacent to an activating group) is 1. The Hall–Kier alpha value is -2.18. The van der Waals surface area contributed by atoms with Crippen molar-refractivity contribution < 1.29 is 4.79 Å². The van der Waals surface area contributed by atoms with Crippen LogP contribution in [0.2, 0.25) is 5.15 Å². The van der Waals surface area contributed by atoms with Gasteiger partial charge in [-0.25, -0.2) is 9.97 Å². The number of carbonyl (C=O) groups is 1. The maximum atomic E-state index is 11.5. The largest absolute Gasteiger partial charge is 0.364 e. The number of hydrogen-bond donors (Lipinski definition) is 3. The lowest BCUT2D eigenvalue weighted by molar-refractivity contribution is 0.0996. The first kappa shape index (κ1) is 16.2. The zero-order valence-electron chi connectivity index (χ0n) is 12.5. The lowest BCUT2D eigenvalue weighted by Crippen LogP contribution is -2.17. The first-order chi connectivity index (χ1) is 10.5. The number of rotatable bonds is 6. The molecular formula is C15H18ClN5O. The number of nitrogens with two attached hydrogens (primary N) is 1. The van der Waals surface area contributed by atoms with Crippen molar-refractivity contribution in [2.75, 3.05) is 18.9 Å². The Bertz CT molecular complexity index is 690. The van der Waals surface area contributed by atoms with Crippen LogP contribution in [0.25, 0.3) is 0 Å². The van der Waals surface area contributed by atoms with E-state index in [0.29, 0.717) is 5.69 Å². The maximum absolute atomic E-state index is 11.5. The van der Waals surface area contributed by atoms with Gasteiger partial charge in [0.05, 0.1) is 5.69 Å². The van der Waals surface area contributed by atoms with Crippen molar-refractivity contribution in [1.82, 2.24) is 15.3 Å². The molecule has 1 aromatic heterocycles. The summed E-state index contributed by atoms with van der Waals surface area (Å²) in [5.41, 5.74) is 7.84. The van der Waals surface area contributed by atoms with Crippen molar-refractivity contribution in [2.45, 2.75) is 13.3 Å². The number of aromatic nitrogens is 2. The molecule has 0 spiro atoms. The molecule has 0 unspecified atom stereocenters. The molecule has 0 aliphatic carbocycles. The molecule has 0 saturated carbocycles. The van der Waals surface area contributed by atoms with Crippen LogP contribution >= 0.6 is 11.6 Å². The number of benzene rings is 1. The molecule has 0 atom stereocenters. The summed E-state index contributed by atoms with van der Waals surface area (Å²) < 4.78 is 0. The molecular weight excluding hydrogens is 302 g/mol. The average Bonchev–Trinajstić information content (AvgIpc) is 2.48. The molecule has 1 amide bonds. The van der Waals surface area contributed by atoms with Crippen LogP contribution in [0.4, 0.5) is 11.5 Å². The quantitative estimate of drug-likeness (QED) is 0.757. The normalized spacial score (nSPS) is 10.5. The summed E-state index contributed by atoms with van der Waals surface area (Å²) in [6.07, 6.45) is 0.898. The second-order valence-electron chi connectivity index (χ2n) is 4.84. The first-order valence-electron chi connectivity index (χ1n) is 6.85. The number of primary amides is 1. The SMILES string of the molecule is CNCCc1cccc(Nc2nc(Cl)c(C)nc2C(N)=O)c1. The highest BCUT2D eigenvalue weighted by atomic mass is 35.5. The fourth-order valence-electron chi connectivity index (χ4n) is 1.97. The van der Waals surface area contributed by atoms with Crippen LogP contribution in [0.1, 0.15) is 21.7 Å². The summed E-state index contributed by atoms with van der Waals surface area (Å²) >= 11 is 5.98. The number of carbonyl (C=O) groups excluding carboxylic acids is 1. The number of anilines is 2. The van der Waals surface area contributed by atoms with Gasteiger partial charge in [-0.15, -0.1) is 0 Å². The minimum absolute atomic E-state index is 0.0718. The van der Waals surface area contributed by atoms with Crippen molar-refractivity contribution in [2.24, 2.45) is 5.73 Å². The van der Waals surface area contributed by atoms with E-state index in [9.17, 15) is 4.79 Å². The highest BCUT2D eigenvalue weighted by molar-refractivity contribution is 6.30. The van der Waals surface area contributed by atoms with Gasteiger partial charge in [-0.2, -0.15) is 0 Å². The number of halogens is 1. The Labute approximate surface area is 134 Å². The Kier molecular flexibility index (Phi) is 5.30. The molecule has 2 aromatic rings. The van der Waals surface area contributed by atoms with Gasteiger partial charge in [0.1, 0.15) is 0 Å². The van der Waals surface area contributed by atoms with E-state index in [4.69, 9.17) is 17.3 Å². The highest BCUT2D eigenvalue weighted by Crippen LogP contribution is 2.22. The highest BCUT2D eigenvalue weighted by Gasteiger charge is 2.15. The number of nitrogens with zero attached hydrogens (tertiary/aromatic N) is 2. The van der Waals surface area contributed by atoms with Gasteiger partial charge in [-0.05, 0) is 44.6 Å². The zero-order valence-corrected chi connectivity index (χ0v) is 13.2. The summed E-state index contributed by atoms with van der Waals surface area (Å²) in [6.45, 7) is 2.55. The van der Waals surface area contributed by atoms with Gasteiger partial charge < -0.3 is 16.4 Å². The predicted molar refractivity (Wildman–Crippen MR) is 87.7 cm³/mol. The minimum Gasteiger partial charge on any atom is -0.364 e. The van der Waals surface area contributed by atoms with Crippen molar-refractivity contribution in [3.05, 3.63) is 46.4 Å². The third kappa shape index (κ3) is 3.93. The van der Waals surface area contributed by atoms with E-state index in [0.717, 1.165) is 24.2 Å². The maximum Gasteiger partial charge on any atom is 0.271 e. The Balaban J connectivity index is 2.30. The van der Waals surface area contributed by atoms with Gasteiger partial charge in [0.15, 0.2) is 16.7 Å². The van der Waals surface area contributed by atoms with Gasteiger partial charge >= 0.3 is 0 Å². The van der Waals surface area contributed by atoms with Crippen LogP contribution in [0, 0.1) is 6.92 Å². The van der Waals surface area contributed by atoms with Crippen LogP contribution in [0.15, 0.2) is 24.3 Å². The molecule has 0 radical (unpaired) electrons. The second-order valence-corrected chi connectivity index (χ2v) is 5.20. The third-order valence-electron chi connectivity index (χ3n) is 3.10.